The van der Waals surface area contributed by atoms with E-state index in [2.05, 4.69) is 197 Å². The fourth-order valence-electron chi connectivity index (χ4n) is 9.89. The van der Waals surface area contributed by atoms with E-state index < -0.39 is 0 Å². The molecule has 58 heavy (non-hydrogen) atoms. The summed E-state index contributed by atoms with van der Waals surface area (Å²) in [5.41, 5.74) is 19.1. The number of furan rings is 1. The quantitative estimate of drug-likeness (QED) is 0.176. The van der Waals surface area contributed by atoms with Gasteiger partial charge in [-0.3, -0.25) is 0 Å². The zero-order chi connectivity index (χ0) is 37.9. The molecule has 1 aliphatic rings. The summed E-state index contributed by atoms with van der Waals surface area (Å²) < 4.78 is 11.4. The maximum Gasteiger partial charge on any atom is 0.143 e. The lowest BCUT2D eigenvalue weighted by Gasteiger charge is -2.21. The van der Waals surface area contributed by atoms with E-state index in [0.29, 0.717) is 0 Å². The molecule has 4 heterocycles. The molecule has 0 saturated heterocycles. The predicted octanol–water partition coefficient (Wildman–Crippen LogP) is 14.8. The Labute approximate surface area is 334 Å². The van der Waals surface area contributed by atoms with Crippen molar-refractivity contribution in [3.63, 3.8) is 0 Å². The van der Waals surface area contributed by atoms with Crippen LogP contribution in [0.15, 0.2) is 199 Å². The van der Waals surface area contributed by atoms with Gasteiger partial charge in [0.25, 0.3) is 0 Å². The number of hydrogen-bond donors (Lipinski definition) is 0. The molecule has 0 bridgehead atoms. The molecule has 0 saturated carbocycles. The number of aromatic nitrogens is 2. The monoisotopic (exact) mass is 738 g/mol. The Morgan fingerprint density at radius 3 is 1.97 bits per heavy atom. The molecular formula is C55H34N2O. The SMILES string of the molecule is c1ccc(-c2cc3c4c(c2)c2cc(-c5cccc(-n6c7ccccc7c7cc(-c8cccc9c8oc8ccccc89)ccc76)c5)ccc2n4Cc2ccccc2-3)cc1. The molecule has 3 heteroatoms. The molecule has 9 aromatic carbocycles. The highest BCUT2D eigenvalue weighted by Gasteiger charge is 2.24. The van der Waals surface area contributed by atoms with Crippen molar-refractivity contribution in [2.75, 3.05) is 0 Å². The van der Waals surface area contributed by atoms with Crippen LogP contribution in [0.5, 0.6) is 0 Å². The average Bonchev–Trinajstić information content (AvgIpc) is 3.94. The lowest BCUT2D eigenvalue weighted by Crippen LogP contribution is -2.07. The Kier molecular flexibility index (Phi) is 6.50. The van der Waals surface area contributed by atoms with Gasteiger partial charge < -0.3 is 13.6 Å². The van der Waals surface area contributed by atoms with Crippen molar-refractivity contribution >= 4 is 65.6 Å². The van der Waals surface area contributed by atoms with Crippen LogP contribution in [-0.4, -0.2) is 9.13 Å². The van der Waals surface area contributed by atoms with Crippen LogP contribution in [0.3, 0.4) is 0 Å². The average molecular weight is 739 g/mol. The fraction of sp³-hybridized carbons (Fsp3) is 0.0182. The van der Waals surface area contributed by atoms with Crippen molar-refractivity contribution in [1.29, 1.82) is 0 Å². The first kappa shape index (κ1) is 31.6. The highest BCUT2D eigenvalue weighted by Crippen LogP contribution is 2.45. The molecule has 3 nitrogen and oxygen atoms in total. The third-order valence-corrected chi connectivity index (χ3v) is 12.5. The molecule has 3 aromatic heterocycles. The van der Waals surface area contributed by atoms with Gasteiger partial charge in [0.15, 0.2) is 0 Å². The molecule has 13 rings (SSSR count). The number of rotatable bonds is 4. The lowest BCUT2D eigenvalue weighted by atomic mass is 9.91. The zero-order valence-corrected chi connectivity index (χ0v) is 31.5. The highest BCUT2D eigenvalue weighted by atomic mass is 16.3. The van der Waals surface area contributed by atoms with Crippen molar-refractivity contribution in [1.82, 2.24) is 9.13 Å². The Hall–Kier alpha value is -7.62. The van der Waals surface area contributed by atoms with Crippen LogP contribution in [0.2, 0.25) is 0 Å². The Balaban J connectivity index is 0.972. The smallest absolute Gasteiger partial charge is 0.143 e. The summed E-state index contributed by atoms with van der Waals surface area (Å²) in [6, 6.07) is 71.0. The standard InChI is InChI=1S/C55H34N2O/c1-2-12-34(13-3-1)39-31-48-41-17-5-4-14-38(41)33-56-50-26-24-36(29-47(50)49(32-39)54(48)56)35-15-10-16-40(28-35)57-51-22-8-6-18-43(51)46-30-37(25-27-52(46)57)42-20-11-21-45-44-19-7-9-23-53(44)58-55(42)45/h1-32H,33H2. The van der Waals surface area contributed by atoms with Gasteiger partial charge in [-0.05, 0) is 99.6 Å². The van der Waals surface area contributed by atoms with Gasteiger partial charge in [0.05, 0.1) is 16.6 Å². The molecule has 12 aromatic rings. The number of fused-ring (bicyclic) bond motifs is 11. The van der Waals surface area contributed by atoms with E-state index >= 15 is 0 Å². The minimum absolute atomic E-state index is 0.867. The van der Waals surface area contributed by atoms with Crippen LogP contribution < -0.4 is 0 Å². The predicted molar refractivity (Wildman–Crippen MR) is 242 cm³/mol. The molecule has 0 aliphatic carbocycles. The third kappa shape index (κ3) is 4.50. The van der Waals surface area contributed by atoms with Gasteiger partial charge in [0.1, 0.15) is 11.2 Å². The van der Waals surface area contributed by atoms with Crippen molar-refractivity contribution in [2.45, 2.75) is 6.54 Å². The van der Waals surface area contributed by atoms with Crippen molar-refractivity contribution in [2.24, 2.45) is 0 Å². The third-order valence-electron chi connectivity index (χ3n) is 12.5. The van der Waals surface area contributed by atoms with E-state index in [0.717, 1.165) is 45.3 Å². The van der Waals surface area contributed by atoms with Crippen molar-refractivity contribution < 1.29 is 4.42 Å². The number of para-hydroxylation sites is 3. The molecule has 0 unspecified atom stereocenters. The van der Waals surface area contributed by atoms with Crippen molar-refractivity contribution in [3.8, 4) is 50.2 Å². The van der Waals surface area contributed by atoms with Crippen LogP contribution in [-0.2, 0) is 6.54 Å². The molecule has 270 valence electrons. The van der Waals surface area contributed by atoms with Gasteiger partial charge in [-0.2, -0.15) is 0 Å². The fourth-order valence-corrected chi connectivity index (χ4v) is 9.89. The van der Waals surface area contributed by atoms with Gasteiger partial charge in [-0.15, -0.1) is 0 Å². The van der Waals surface area contributed by atoms with E-state index in [4.69, 9.17) is 4.42 Å². The topological polar surface area (TPSA) is 23.0 Å². The van der Waals surface area contributed by atoms with Crippen LogP contribution in [0.25, 0.3) is 116 Å². The second-order valence-corrected chi connectivity index (χ2v) is 15.7. The largest absolute Gasteiger partial charge is 0.455 e. The summed E-state index contributed by atoms with van der Waals surface area (Å²) in [4.78, 5) is 0. The summed E-state index contributed by atoms with van der Waals surface area (Å²) >= 11 is 0. The van der Waals surface area contributed by atoms with E-state index in [1.165, 1.54) is 82.6 Å². The first-order chi connectivity index (χ1) is 28.7. The summed E-state index contributed by atoms with van der Waals surface area (Å²) in [7, 11) is 0. The first-order valence-electron chi connectivity index (χ1n) is 20.0. The number of benzene rings is 9. The Morgan fingerprint density at radius 1 is 0.362 bits per heavy atom. The van der Waals surface area contributed by atoms with E-state index in [-0.39, 0.29) is 0 Å². The Bertz CT molecular complexity index is 3650. The van der Waals surface area contributed by atoms with Crippen LogP contribution in [0.4, 0.5) is 0 Å². The van der Waals surface area contributed by atoms with E-state index in [9.17, 15) is 0 Å². The van der Waals surface area contributed by atoms with Crippen molar-refractivity contribution in [3.05, 3.63) is 200 Å². The molecule has 1 aliphatic heterocycles. The first-order valence-corrected chi connectivity index (χ1v) is 20.0. The normalized spacial score (nSPS) is 12.4. The Morgan fingerprint density at radius 2 is 1.02 bits per heavy atom. The molecular weight excluding hydrogens is 705 g/mol. The zero-order valence-electron chi connectivity index (χ0n) is 31.5. The van der Waals surface area contributed by atoms with Gasteiger partial charge in [-0.1, -0.05) is 133 Å². The minimum Gasteiger partial charge on any atom is -0.455 e. The van der Waals surface area contributed by atoms with Gasteiger partial charge in [-0.25, -0.2) is 0 Å². The molecule has 0 fully saturated rings. The second kappa shape index (κ2) is 11.9. The molecule has 0 radical (unpaired) electrons. The molecule has 0 spiro atoms. The summed E-state index contributed by atoms with van der Waals surface area (Å²) in [6.07, 6.45) is 0. The summed E-state index contributed by atoms with van der Waals surface area (Å²) in [6.45, 7) is 0.867. The number of hydrogen-bond acceptors (Lipinski definition) is 1. The lowest BCUT2D eigenvalue weighted by molar-refractivity contribution is 0.670. The van der Waals surface area contributed by atoms with Gasteiger partial charge >= 0.3 is 0 Å². The van der Waals surface area contributed by atoms with Crippen LogP contribution >= 0.6 is 0 Å². The highest BCUT2D eigenvalue weighted by molar-refractivity contribution is 6.17. The number of nitrogens with zero attached hydrogens (tertiary/aromatic N) is 2. The van der Waals surface area contributed by atoms with Gasteiger partial charge in [0, 0.05) is 61.2 Å². The molecule has 0 amide bonds. The minimum atomic E-state index is 0.867. The van der Waals surface area contributed by atoms with Crippen LogP contribution in [0, 0.1) is 0 Å². The summed E-state index contributed by atoms with van der Waals surface area (Å²) in [5.74, 6) is 0. The van der Waals surface area contributed by atoms with E-state index in [1.54, 1.807) is 0 Å². The maximum atomic E-state index is 6.47. The molecule has 0 N–H and O–H groups in total. The second-order valence-electron chi connectivity index (χ2n) is 15.7. The molecule has 0 atom stereocenters. The van der Waals surface area contributed by atoms with E-state index in [1.807, 2.05) is 6.07 Å². The van der Waals surface area contributed by atoms with Crippen LogP contribution in [0.1, 0.15) is 5.56 Å². The summed E-state index contributed by atoms with van der Waals surface area (Å²) in [5, 5.41) is 7.33. The maximum absolute atomic E-state index is 6.47. The van der Waals surface area contributed by atoms with Gasteiger partial charge in [0.2, 0.25) is 0 Å².